The number of hydrogen-bond donors (Lipinski definition) is 0. The highest BCUT2D eigenvalue weighted by Gasteiger charge is 2.19. The van der Waals surface area contributed by atoms with Crippen molar-refractivity contribution >= 4 is 17.9 Å². The van der Waals surface area contributed by atoms with Crippen molar-refractivity contribution in [2.24, 2.45) is 0 Å². The summed E-state index contributed by atoms with van der Waals surface area (Å²) in [5, 5.41) is 0. The van der Waals surface area contributed by atoms with Gasteiger partial charge in [0.1, 0.15) is 13.2 Å². The standard InChI is InChI=1S/C75H142O6/c1-4-7-10-13-16-19-22-25-28-30-32-33-34-35-36-37-38-39-40-41-43-44-47-50-53-56-59-62-65-68-74(77)80-71-72(70-79-73(76)67-64-61-58-55-52-49-46-27-24-21-18-15-12-9-6-3)81-75(78)69-66-63-60-57-54-51-48-45-42-31-29-26-23-20-17-14-11-8-5-2/h27,30,32,46,72H,4-26,28-29,31,33-45,47-71H2,1-3H3/b32-30-,46-27-. The Bertz CT molecular complexity index is 1310. The third-order valence-electron chi connectivity index (χ3n) is 16.9. The highest BCUT2D eigenvalue weighted by atomic mass is 16.6. The fraction of sp³-hybridized carbons (Fsp3) is 0.907. The predicted molar refractivity (Wildman–Crippen MR) is 353 cm³/mol. The minimum Gasteiger partial charge on any atom is -0.462 e. The van der Waals surface area contributed by atoms with Crippen molar-refractivity contribution < 1.29 is 28.6 Å². The van der Waals surface area contributed by atoms with Crippen LogP contribution in [-0.4, -0.2) is 37.2 Å². The molecule has 0 aromatic heterocycles. The Morgan fingerprint density at radius 2 is 0.407 bits per heavy atom. The zero-order valence-electron chi connectivity index (χ0n) is 55.1. The van der Waals surface area contributed by atoms with Gasteiger partial charge < -0.3 is 14.2 Å². The molecule has 1 atom stereocenters. The molecular weight excluding hydrogens is 997 g/mol. The highest BCUT2D eigenvalue weighted by Crippen LogP contribution is 2.19. The van der Waals surface area contributed by atoms with Crippen LogP contribution in [0, 0.1) is 0 Å². The van der Waals surface area contributed by atoms with E-state index in [1.807, 2.05) is 0 Å². The van der Waals surface area contributed by atoms with Gasteiger partial charge in [0.2, 0.25) is 0 Å². The van der Waals surface area contributed by atoms with Gasteiger partial charge in [-0.3, -0.25) is 14.4 Å². The quantitative estimate of drug-likeness (QED) is 0.0261. The molecule has 6 heteroatoms. The topological polar surface area (TPSA) is 78.9 Å². The SMILES string of the molecule is CCCCCCCC/C=C\CCCCCCCC(=O)OCC(COC(=O)CCCCCCCCCCCCCCCCCCC/C=C\CCCCCCCCCC)OC(=O)CCCCCCCCCCCCCCCCCCCCC. The monoisotopic (exact) mass is 1140 g/mol. The van der Waals surface area contributed by atoms with E-state index in [0.29, 0.717) is 19.3 Å². The van der Waals surface area contributed by atoms with Crippen LogP contribution in [-0.2, 0) is 28.6 Å². The molecule has 81 heavy (non-hydrogen) atoms. The number of rotatable bonds is 69. The number of allylic oxidation sites excluding steroid dienone is 4. The smallest absolute Gasteiger partial charge is 0.306 e. The molecule has 478 valence electrons. The van der Waals surface area contributed by atoms with E-state index in [4.69, 9.17) is 14.2 Å². The molecular formula is C75H142O6. The Balaban J connectivity index is 4.20. The number of esters is 3. The average Bonchev–Trinajstić information content (AvgIpc) is 3.47. The molecule has 0 bridgehead atoms. The largest absolute Gasteiger partial charge is 0.462 e. The molecule has 6 nitrogen and oxygen atoms in total. The minimum absolute atomic E-state index is 0.0673. The summed E-state index contributed by atoms with van der Waals surface area (Å²) in [7, 11) is 0. The zero-order chi connectivity index (χ0) is 58.5. The summed E-state index contributed by atoms with van der Waals surface area (Å²) in [4.78, 5) is 38.5. The first-order valence-electron chi connectivity index (χ1n) is 36.8. The van der Waals surface area contributed by atoms with Gasteiger partial charge in [-0.15, -0.1) is 0 Å². The maximum atomic E-state index is 13.0. The van der Waals surface area contributed by atoms with Gasteiger partial charge in [-0.1, -0.05) is 353 Å². The minimum atomic E-state index is -0.772. The van der Waals surface area contributed by atoms with Gasteiger partial charge in [-0.2, -0.15) is 0 Å². The molecule has 0 spiro atoms. The Hall–Kier alpha value is -2.11. The number of hydrogen-bond acceptors (Lipinski definition) is 6. The third-order valence-corrected chi connectivity index (χ3v) is 16.9. The summed E-state index contributed by atoms with van der Waals surface area (Å²) in [5.41, 5.74) is 0. The van der Waals surface area contributed by atoms with E-state index in [1.165, 1.54) is 315 Å². The van der Waals surface area contributed by atoms with Crippen molar-refractivity contribution in [2.75, 3.05) is 13.2 Å². The Labute approximate surface area is 506 Å². The molecule has 0 heterocycles. The fourth-order valence-corrected chi connectivity index (χ4v) is 11.4. The molecule has 0 aromatic carbocycles. The third kappa shape index (κ3) is 68.6. The van der Waals surface area contributed by atoms with E-state index in [9.17, 15) is 14.4 Å². The van der Waals surface area contributed by atoms with Gasteiger partial charge in [-0.25, -0.2) is 0 Å². The maximum Gasteiger partial charge on any atom is 0.306 e. The second-order valence-electron chi connectivity index (χ2n) is 25.2. The van der Waals surface area contributed by atoms with Crippen LogP contribution in [0.3, 0.4) is 0 Å². The van der Waals surface area contributed by atoms with Gasteiger partial charge in [0, 0.05) is 19.3 Å². The number of ether oxygens (including phenoxy) is 3. The number of unbranched alkanes of at least 4 members (excludes halogenated alkanes) is 54. The van der Waals surface area contributed by atoms with Crippen LogP contribution in [0.15, 0.2) is 24.3 Å². The van der Waals surface area contributed by atoms with E-state index >= 15 is 0 Å². The molecule has 0 fully saturated rings. The number of carbonyl (C=O) groups excluding carboxylic acids is 3. The van der Waals surface area contributed by atoms with Crippen molar-refractivity contribution in [3.8, 4) is 0 Å². The molecule has 0 aromatic rings. The molecule has 0 radical (unpaired) electrons. The van der Waals surface area contributed by atoms with Gasteiger partial charge in [0.05, 0.1) is 0 Å². The van der Waals surface area contributed by atoms with Crippen LogP contribution in [0.5, 0.6) is 0 Å². The van der Waals surface area contributed by atoms with E-state index in [-0.39, 0.29) is 31.1 Å². The van der Waals surface area contributed by atoms with Crippen molar-refractivity contribution in [2.45, 2.75) is 425 Å². The van der Waals surface area contributed by atoms with Crippen molar-refractivity contribution in [3.05, 3.63) is 24.3 Å². The molecule has 0 saturated heterocycles. The lowest BCUT2D eigenvalue weighted by Gasteiger charge is -2.18. The van der Waals surface area contributed by atoms with Crippen LogP contribution in [0.25, 0.3) is 0 Å². The Kier molecular flexibility index (Phi) is 68.5. The Morgan fingerprint density at radius 1 is 0.235 bits per heavy atom. The molecule has 0 amide bonds. The summed E-state index contributed by atoms with van der Waals surface area (Å²) in [6.45, 7) is 6.72. The second-order valence-corrected chi connectivity index (χ2v) is 25.2. The average molecular weight is 1140 g/mol. The van der Waals surface area contributed by atoms with Crippen LogP contribution in [0.2, 0.25) is 0 Å². The second kappa shape index (κ2) is 70.4. The van der Waals surface area contributed by atoms with E-state index in [0.717, 1.165) is 64.2 Å². The van der Waals surface area contributed by atoms with Crippen LogP contribution in [0.4, 0.5) is 0 Å². The van der Waals surface area contributed by atoms with Crippen molar-refractivity contribution in [3.63, 3.8) is 0 Å². The van der Waals surface area contributed by atoms with Crippen molar-refractivity contribution in [1.82, 2.24) is 0 Å². The molecule has 0 aliphatic carbocycles. The first-order chi connectivity index (χ1) is 40.0. The molecule has 0 rings (SSSR count). The summed E-state index contributed by atoms with van der Waals surface area (Å²) >= 11 is 0. The molecule has 0 aliphatic heterocycles. The first-order valence-corrected chi connectivity index (χ1v) is 36.8. The highest BCUT2D eigenvalue weighted by molar-refractivity contribution is 5.71. The summed E-state index contributed by atoms with van der Waals surface area (Å²) < 4.78 is 17.0. The van der Waals surface area contributed by atoms with E-state index in [1.54, 1.807) is 0 Å². The molecule has 0 aliphatic rings. The Morgan fingerprint density at radius 3 is 0.617 bits per heavy atom. The predicted octanol–water partition coefficient (Wildman–Crippen LogP) is 25.3. The summed E-state index contributed by atoms with van der Waals surface area (Å²) in [6.07, 6.45) is 86.5. The molecule has 1 unspecified atom stereocenters. The molecule has 0 N–H and O–H groups in total. The van der Waals surface area contributed by atoms with Crippen molar-refractivity contribution in [1.29, 1.82) is 0 Å². The summed E-state index contributed by atoms with van der Waals surface area (Å²) in [5.74, 6) is -0.841. The molecule has 0 saturated carbocycles. The van der Waals surface area contributed by atoms with Crippen LogP contribution in [0.1, 0.15) is 419 Å². The lowest BCUT2D eigenvalue weighted by atomic mass is 10.0. The van der Waals surface area contributed by atoms with Crippen LogP contribution >= 0.6 is 0 Å². The summed E-state index contributed by atoms with van der Waals surface area (Å²) in [6, 6.07) is 0. The zero-order valence-corrected chi connectivity index (χ0v) is 55.1. The maximum absolute atomic E-state index is 13.0. The lowest BCUT2D eigenvalue weighted by Crippen LogP contribution is -2.30. The normalized spacial score (nSPS) is 12.1. The lowest BCUT2D eigenvalue weighted by molar-refractivity contribution is -0.167. The van der Waals surface area contributed by atoms with Gasteiger partial charge in [0.15, 0.2) is 6.10 Å². The first kappa shape index (κ1) is 78.9. The van der Waals surface area contributed by atoms with Gasteiger partial charge in [0.25, 0.3) is 0 Å². The fourth-order valence-electron chi connectivity index (χ4n) is 11.4. The van der Waals surface area contributed by atoms with E-state index < -0.39 is 6.10 Å². The van der Waals surface area contributed by atoms with E-state index in [2.05, 4.69) is 45.1 Å². The number of carbonyl (C=O) groups is 3. The van der Waals surface area contributed by atoms with Gasteiger partial charge >= 0.3 is 17.9 Å². The van der Waals surface area contributed by atoms with Gasteiger partial charge in [-0.05, 0) is 70.6 Å². The van der Waals surface area contributed by atoms with Crippen LogP contribution < -0.4 is 0 Å².